The first kappa shape index (κ1) is 22.5. The van der Waals surface area contributed by atoms with Gasteiger partial charge in [0, 0.05) is 13.1 Å². The second-order valence-corrected chi connectivity index (χ2v) is 7.34. The Morgan fingerprint density at radius 3 is 1.90 bits per heavy atom. The first-order valence-corrected chi connectivity index (χ1v) is 9.41. The standard InChI is InChI=1S/C12H26N2O4S.C2H6/c1-12(2,3)18-11(15)13-9-7-5-6-8-10-14-19(4,16)17;1-2/h14H,5-10H2,1-4H3,(H,13,15);1-2H3. The molecule has 0 aliphatic rings. The summed E-state index contributed by atoms with van der Waals surface area (Å²) in [6, 6.07) is 0. The second-order valence-electron chi connectivity index (χ2n) is 5.51. The molecule has 0 atom stereocenters. The van der Waals surface area contributed by atoms with Crippen molar-refractivity contribution in [3.05, 3.63) is 0 Å². The van der Waals surface area contributed by atoms with E-state index >= 15 is 0 Å². The van der Waals surface area contributed by atoms with Crippen LogP contribution in [0.3, 0.4) is 0 Å². The van der Waals surface area contributed by atoms with Gasteiger partial charge in [-0.15, -0.1) is 0 Å². The minimum atomic E-state index is -3.07. The van der Waals surface area contributed by atoms with Crippen LogP contribution in [0.5, 0.6) is 0 Å². The quantitative estimate of drug-likeness (QED) is 0.672. The van der Waals surface area contributed by atoms with Crippen molar-refractivity contribution in [2.75, 3.05) is 19.3 Å². The lowest BCUT2D eigenvalue weighted by atomic mass is 10.2. The number of amides is 1. The summed E-state index contributed by atoms with van der Waals surface area (Å²) in [5, 5.41) is 2.68. The van der Waals surface area contributed by atoms with Crippen molar-refractivity contribution in [1.29, 1.82) is 0 Å². The lowest BCUT2D eigenvalue weighted by Gasteiger charge is -2.19. The van der Waals surface area contributed by atoms with Gasteiger partial charge in [0.1, 0.15) is 5.60 Å². The molecular formula is C14H32N2O4S. The van der Waals surface area contributed by atoms with Gasteiger partial charge in [0.25, 0.3) is 0 Å². The third kappa shape index (κ3) is 21.6. The van der Waals surface area contributed by atoms with E-state index in [1.807, 2.05) is 34.6 Å². The molecule has 6 nitrogen and oxygen atoms in total. The average Bonchev–Trinajstić information content (AvgIpc) is 2.31. The summed E-state index contributed by atoms with van der Waals surface area (Å²) in [4.78, 5) is 11.3. The van der Waals surface area contributed by atoms with Crippen molar-refractivity contribution in [3.63, 3.8) is 0 Å². The number of alkyl carbamates (subject to hydrolysis) is 1. The smallest absolute Gasteiger partial charge is 0.407 e. The van der Waals surface area contributed by atoms with E-state index < -0.39 is 21.7 Å². The Morgan fingerprint density at radius 2 is 1.48 bits per heavy atom. The molecule has 0 aromatic carbocycles. The van der Waals surface area contributed by atoms with Gasteiger partial charge >= 0.3 is 6.09 Å². The number of sulfonamides is 1. The Labute approximate surface area is 130 Å². The number of rotatable bonds is 8. The maximum absolute atomic E-state index is 11.3. The lowest BCUT2D eigenvalue weighted by molar-refractivity contribution is 0.0527. The molecule has 0 aromatic rings. The second kappa shape index (κ2) is 11.8. The predicted molar refractivity (Wildman–Crippen MR) is 86.9 cm³/mol. The van der Waals surface area contributed by atoms with Gasteiger partial charge < -0.3 is 10.1 Å². The summed E-state index contributed by atoms with van der Waals surface area (Å²) in [5.41, 5.74) is -0.471. The highest BCUT2D eigenvalue weighted by atomic mass is 32.2. The molecule has 0 fully saturated rings. The first-order valence-electron chi connectivity index (χ1n) is 7.52. The van der Waals surface area contributed by atoms with Crippen LogP contribution in [0.2, 0.25) is 0 Å². The Hall–Kier alpha value is -0.820. The highest BCUT2D eigenvalue weighted by Gasteiger charge is 2.15. The Morgan fingerprint density at radius 1 is 1.00 bits per heavy atom. The normalized spacial score (nSPS) is 11.3. The van der Waals surface area contributed by atoms with Crippen LogP contribution in [0.15, 0.2) is 0 Å². The van der Waals surface area contributed by atoms with Gasteiger partial charge in [0.15, 0.2) is 0 Å². The van der Waals surface area contributed by atoms with Crippen LogP contribution in [0.25, 0.3) is 0 Å². The topological polar surface area (TPSA) is 84.5 Å². The fourth-order valence-corrected chi connectivity index (χ4v) is 1.88. The molecule has 0 unspecified atom stereocenters. The number of carbonyl (C=O) groups is 1. The summed E-state index contributed by atoms with van der Waals surface area (Å²) in [6.07, 6.45) is 4.29. The molecule has 7 heteroatoms. The SMILES string of the molecule is CC.CC(C)(C)OC(=O)NCCCCCCNS(C)(=O)=O. The Balaban J connectivity index is 0. The Bertz CT molecular complexity index is 362. The maximum Gasteiger partial charge on any atom is 0.407 e. The molecule has 2 N–H and O–H groups in total. The van der Waals surface area contributed by atoms with E-state index in [0.29, 0.717) is 13.1 Å². The highest BCUT2D eigenvalue weighted by Crippen LogP contribution is 2.06. The van der Waals surface area contributed by atoms with E-state index in [1.54, 1.807) is 0 Å². The Kier molecular flexibility index (Phi) is 12.6. The minimum Gasteiger partial charge on any atom is -0.444 e. The predicted octanol–water partition coefficient (Wildman–Crippen LogP) is 2.65. The van der Waals surface area contributed by atoms with E-state index in [1.165, 1.54) is 0 Å². The van der Waals surface area contributed by atoms with Crippen LogP contribution < -0.4 is 10.0 Å². The molecule has 1 amide bonds. The van der Waals surface area contributed by atoms with Crippen molar-refractivity contribution < 1.29 is 17.9 Å². The molecule has 128 valence electrons. The van der Waals surface area contributed by atoms with Gasteiger partial charge in [-0.3, -0.25) is 0 Å². The van der Waals surface area contributed by atoms with E-state index in [4.69, 9.17) is 4.74 Å². The number of hydrogen-bond acceptors (Lipinski definition) is 4. The van der Waals surface area contributed by atoms with E-state index in [9.17, 15) is 13.2 Å². The largest absolute Gasteiger partial charge is 0.444 e. The average molecular weight is 324 g/mol. The maximum atomic E-state index is 11.3. The zero-order valence-corrected chi connectivity index (χ0v) is 15.1. The molecule has 0 radical (unpaired) electrons. The number of nitrogens with one attached hydrogen (secondary N) is 2. The molecule has 0 aliphatic carbocycles. The van der Waals surface area contributed by atoms with E-state index in [0.717, 1.165) is 31.9 Å². The van der Waals surface area contributed by atoms with Crippen molar-refractivity contribution in [2.45, 2.75) is 65.9 Å². The fraction of sp³-hybridized carbons (Fsp3) is 0.929. The van der Waals surface area contributed by atoms with Gasteiger partial charge in [0.05, 0.1) is 6.26 Å². The van der Waals surface area contributed by atoms with E-state index in [2.05, 4.69) is 10.0 Å². The zero-order chi connectivity index (χ0) is 16.9. The molecule has 0 rings (SSSR count). The highest BCUT2D eigenvalue weighted by molar-refractivity contribution is 7.88. The monoisotopic (exact) mass is 324 g/mol. The molecule has 0 aliphatic heterocycles. The van der Waals surface area contributed by atoms with Crippen molar-refractivity contribution in [2.24, 2.45) is 0 Å². The number of ether oxygens (including phenoxy) is 1. The van der Waals surface area contributed by atoms with Crippen molar-refractivity contribution in [3.8, 4) is 0 Å². The van der Waals surface area contributed by atoms with Crippen LogP contribution in [0.4, 0.5) is 4.79 Å². The van der Waals surface area contributed by atoms with E-state index in [-0.39, 0.29) is 0 Å². The summed E-state index contributed by atoms with van der Waals surface area (Å²) < 4.78 is 29.1. The van der Waals surface area contributed by atoms with Crippen LogP contribution in [-0.4, -0.2) is 39.5 Å². The molecule has 21 heavy (non-hydrogen) atoms. The van der Waals surface area contributed by atoms with Crippen molar-refractivity contribution >= 4 is 16.1 Å². The van der Waals surface area contributed by atoms with Gasteiger partial charge in [-0.1, -0.05) is 26.7 Å². The number of unbranched alkanes of at least 4 members (excludes halogenated alkanes) is 3. The van der Waals surface area contributed by atoms with Crippen LogP contribution in [0, 0.1) is 0 Å². The molecule has 0 saturated heterocycles. The summed E-state index contributed by atoms with van der Waals surface area (Å²) >= 11 is 0. The van der Waals surface area contributed by atoms with Crippen LogP contribution in [0.1, 0.15) is 60.3 Å². The third-order valence-electron chi connectivity index (χ3n) is 2.14. The van der Waals surface area contributed by atoms with Gasteiger partial charge in [-0.05, 0) is 33.6 Å². The molecule has 0 heterocycles. The lowest BCUT2D eigenvalue weighted by Crippen LogP contribution is -2.33. The van der Waals surface area contributed by atoms with Crippen molar-refractivity contribution in [1.82, 2.24) is 10.0 Å². The number of carbonyl (C=O) groups excluding carboxylic acids is 1. The molecule has 0 bridgehead atoms. The zero-order valence-electron chi connectivity index (χ0n) is 14.3. The summed E-state index contributed by atoms with van der Waals surface area (Å²) in [5.74, 6) is 0. The fourth-order valence-electron chi connectivity index (χ4n) is 1.37. The molecule has 0 saturated carbocycles. The molecule has 0 spiro atoms. The third-order valence-corrected chi connectivity index (χ3v) is 2.86. The van der Waals surface area contributed by atoms with Gasteiger partial charge in [0.2, 0.25) is 10.0 Å². The van der Waals surface area contributed by atoms with Crippen LogP contribution >= 0.6 is 0 Å². The van der Waals surface area contributed by atoms with Gasteiger partial charge in [-0.2, -0.15) is 0 Å². The molecule has 0 aromatic heterocycles. The molecular weight excluding hydrogens is 292 g/mol. The number of hydrogen-bond donors (Lipinski definition) is 2. The first-order chi connectivity index (χ1) is 9.60. The minimum absolute atomic E-state index is 0.397. The summed E-state index contributed by atoms with van der Waals surface area (Å²) in [6.45, 7) is 10.5. The van der Waals surface area contributed by atoms with Crippen LogP contribution in [-0.2, 0) is 14.8 Å². The summed E-state index contributed by atoms with van der Waals surface area (Å²) in [7, 11) is -3.07. The van der Waals surface area contributed by atoms with Gasteiger partial charge in [-0.25, -0.2) is 17.9 Å².